The van der Waals surface area contributed by atoms with Crippen LogP contribution in [0.3, 0.4) is 0 Å². The lowest BCUT2D eigenvalue weighted by Crippen LogP contribution is -2.28. The average Bonchev–Trinajstić information content (AvgIpc) is 2.98. The Morgan fingerprint density at radius 1 is 1.12 bits per heavy atom. The summed E-state index contributed by atoms with van der Waals surface area (Å²) in [4.78, 5) is 21.6. The minimum absolute atomic E-state index is 0.0679. The maximum atomic E-state index is 12.0. The van der Waals surface area contributed by atoms with Gasteiger partial charge in [-0.05, 0) is 41.6 Å². The summed E-state index contributed by atoms with van der Waals surface area (Å²) in [6.07, 6.45) is 0.254. The van der Waals surface area contributed by atoms with Gasteiger partial charge in [0.25, 0.3) is 0 Å². The van der Waals surface area contributed by atoms with Gasteiger partial charge >= 0.3 is 15.4 Å². The van der Waals surface area contributed by atoms with Crippen molar-refractivity contribution in [3.8, 4) is 11.1 Å². The minimum Gasteiger partial charge on any atom is -0.449 e. The molecule has 0 unspecified atom stereocenters. The van der Waals surface area contributed by atoms with E-state index >= 15 is 0 Å². The average molecular weight is 371 g/mol. The summed E-state index contributed by atoms with van der Waals surface area (Å²) < 4.78 is 10.6. The Morgan fingerprint density at radius 3 is 2.35 bits per heavy atom. The van der Waals surface area contributed by atoms with E-state index in [0.717, 1.165) is 0 Å². The van der Waals surface area contributed by atoms with E-state index in [1.165, 1.54) is 22.3 Å². The first kappa shape index (κ1) is 18.6. The molecular formula is C20H24NO4Si. The van der Waals surface area contributed by atoms with E-state index in [0.29, 0.717) is 32.2 Å². The fourth-order valence-electron chi connectivity index (χ4n) is 3.32. The summed E-state index contributed by atoms with van der Waals surface area (Å²) in [5.74, 6) is 0.0679. The molecule has 2 aromatic rings. The maximum absolute atomic E-state index is 12.0. The second-order valence-corrected chi connectivity index (χ2v) is 7.76. The second-order valence-electron chi connectivity index (χ2n) is 6.18. The second kappa shape index (κ2) is 8.98. The Labute approximate surface area is 155 Å². The van der Waals surface area contributed by atoms with Crippen LogP contribution >= 0.6 is 0 Å². The predicted octanol–water partition coefficient (Wildman–Crippen LogP) is 3.43. The van der Waals surface area contributed by atoms with Crippen LogP contribution in [0.15, 0.2) is 48.5 Å². The zero-order valence-electron chi connectivity index (χ0n) is 14.9. The lowest BCUT2D eigenvalue weighted by Gasteiger charge is -2.14. The van der Waals surface area contributed by atoms with Gasteiger partial charge in [-0.3, -0.25) is 0 Å². The summed E-state index contributed by atoms with van der Waals surface area (Å²) in [5, 5.41) is 2.74. The lowest BCUT2D eigenvalue weighted by molar-refractivity contribution is 0.143. The number of fused-ring (bicyclic) bond motifs is 3. The Balaban J connectivity index is 1.51. The van der Waals surface area contributed by atoms with Gasteiger partial charge in [0.1, 0.15) is 6.61 Å². The number of ether oxygens (including phenoxy) is 1. The molecule has 1 aliphatic rings. The van der Waals surface area contributed by atoms with Gasteiger partial charge in [-0.25, -0.2) is 4.79 Å². The smallest absolute Gasteiger partial charge is 0.407 e. The molecule has 5 nitrogen and oxygen atoms in total. The highest BCUT2D eigenvalue weighted by molar-refractivity contribution is 6.42. The van der Waals surface area contributed by atoms with Crippen molar-refractivity contribution in [1.29, 1.82) is 0 Å². The van der Waals surface area contributed by atoms with Gasteiger partial charge in [0.15, 0.2) is 0 Å². The van der Waals surface area contributed by atoms with Gasteiger partial charge in [-0.1, -0.05) is 48.5 Å². The van der Waals surface area contributed by atoms with Gasteiger partial charge in [-0.2, -0.15) is 0 Å². The van der Waals surface area contributed by atoms with Crippen molar-refractivity contribution >= 4 is 15.4 Å². The molecule has 0 saturated carbocycles. The molecule has 3 rings (SSSR count). The SMILES string of the molecule is CCO[Si](O)CCCNC(=O)OCC1c2ccccc2-c2ccccc21. The van der Waals surface area contributed by atoms with Crippen molar-refractivity contribution in [3.05, 3.63) is 59.7 Å². The molecular weight excluding hydrogens is 346 g/mol. The number of amides is 1. The van der Waals surface area contributed by atoms with Crippen molar-refractivity contribution in [2.24, 2.45) is 0 Å². The van der Waals surface area contributed by atoms with Gasteiger partial charge in [0.2, 0.25) is 0 Å². The molecule has 0 heterocycles. The number of alkyl carbamates (subject to hydrolysis) is 1. The Hall–Kier alpha value is -2.15. The minimum atomic E-state index is -1.72. The molecule has 0 spiro atoms. The fraction of sp³-hybridized carbons (Fsp3) is 0.350. The molecule has 0 bridgehead atoms. The summed E-state index contributed by atoms with van der Waals surface area (Å²) in [6.45, 7) is 3.16. The fourth-order valence-corrected chi connectivity index (χ4v) is 4.28. The zero-order valence-corrected chi connectivity index (χ0v) is 15.9. The molecule has 0 saturated heterocycles. The van der Waals surface area contributed by atoms with Crippen molar-refractivity contribution in [2.75, 3.05) is 19.8 Å². The first-order valence-electron chi connectivity index (χ1n) is 8.97. The molecule has 137 valence electrons. The molecule has 0 aliphatic heterocycles. The molecule has 0 fully saturated rings. The number of hydrogen-bond donors (Lipinski definition) is 2. The van der Waals surface area contributed by atoms with Crippen LogP contribution in [-0.2, 0) is 9.16 Å². The van der Waals surface area contributed by atoms with Crippen LogP contribution in [0.1, 0.15) is 30.4 Å². The van der Waals surface area contributed by atoms with Gasteiger partial charge in [0, 0.05) is 19.1 Å². The molecule has 1 radical (unpaired) electrons. The highest BCUT2D eigenvalue weighted by Gasteiger charge is 2.28. The third-order valence-corrected chi connectivity index (χ3v) is 5.89. The Kier molecular flexibility index (Phi) is 6.44. The molecule has 2 aromatic carbocycles. The van der Waals surface area contributed by atoms with Gasteiger partial charge in [-0.15, -0.1) is 0 Å². The number of nitrogens with one attached hydrogen (secondary N) is 1. The van der Waals surface area contributed by atoms with Crippen LogP contribution in [0, 0.1) is 0 Å². The van der Waals surface area contributed by atoms with E-state index in [9.17, 15) is 9.59 Å². The molecule has 26 heavy (non-hydrogen) atoms. The number of carbonyl (C=O) groups is 1. The largest absolute Gasteiger partial charge is 0.449 e. The highest BCUT2D eigenvalue weighted by atomic mass is 28.3. The van der Waals surface area contributed by atoms with E-state index in [2.05, 4.69) is 29.6 Å². The highest BCUT2D eigenvalue weighted by Crippen LogP contribution is 2.44. The third-order valence-electron chi connectivity index (χ3n) is 4.49. The predicted molar refractivity (Wildman–Crippen MR) is 102 cm³/mol. The van der Waals surface area contributed by atoms with Crippen LogP contribution in [0.25, 0.3) is 11.1 Å². The van der Waals surface area contributed by atoms with Gasteiger partial charge < -0.3 is 19.3 Å². The molecule has 2 N–H and O–H groups in total. The van der Waals surface area contributed by atoms with E-state index in [1.807, 2.05) is 31.2 Å². The number of hydrogen-bond acceptors (Lipinski definition) is 4. The molecule has 0 atom stereocenters. The van der Waals surface area contributed by atoms with Crippen LogP contribution in [0.5, 0.6) is 0 Å². The Bertz CT molecular complexity index is 707. The molecule has 1 aliphatic carbocycles. The van der Waals surface area contributed by atoms with Crippen molar-refractivity contribution in [1.82, 2.24) is 5.32 Å². The first-order chi connectivity index (χ1) is 12.7. The summed E-state index contributed by atoms with van der Waals surface area (Å²) in [6, 6.07) is 17.1. The van der Waals surface area contributed by atoms with Crippen molar-refractivity contribution < 1.29 is 18.8 Å². The quantitative estimate of drug-likeness (QED) is 0.552. The molecule has 0 aromatic heterocycles. The van der Waals surface area contributed by atoms with E-state index < -0.39 is 15.4 Å². The monoisotopic (exact) mass is 370 g/mol. The van der Waals surface area contributed by atoms with Crippen LogP contribution in [-0.4, -0.2) is 39.9 Å². The number of carbonyl (C=O) groups excluding carboxylic acids is 1. The van der Waals surface area contributed by atoms with E-state index in [-0.39, 0.29) is 5.92 Å². The van der Waals surface area contributed by atoms with Crippen molar-refractivity contribution in [2.45, 2.75) is 25.3 Å². The van der Waals surface area contributed by atoms with E-state index in [4.69, 9.17) is 9.16 Å². The normalized spacial score (nSPS) is 12.7. The van der Waals surface area contributed by atoms with Gasteiger partial charge in [0.05, 0.1) is 0 Å². The lowest BCUT2D eigenvalue weighted by atomic mass is 9.98. The molecule has 1 amide bonds. The third kappa shape index (κ3) is 4.33. The standard InChI is InChI=1S/C20H24NO4Si/c1-2-25-26(23)13-7-12-21-20(22)24-14-19-17-10-5-3-8-15(17)16-9-4-6-11-18(16)19/h3-6,8-11,19,23H,2,7,12-14H2,1H3,(H,21,22). The zero-order chi connectivity index (χ0) is 18.4. The first-order valence-corrected chi connectivity index (χ1v) is 10.5. The Morgan fingerprint density at radius 2 is 1.73 bits per heavy atom. The summed E-state index contributed by atoms with van der Waals surface area (Å²) in [7, 11) is -1.72. The number of benzene rings is 2. The maximum Gasteiger partial charge on any atom is 0.407 e. The van der Waals surface area contributed by atoms with Crippen LogP contribution in [0.2, 0.25) is 6.04 Å². The van der Waals surface area contributed by atoms with Crippen molar-refractivity contribution in [3.63, 3.8) is 0 Å². The topological polar surface area (TPSA) is 67.8 Å². The molecule has 6 heteroatoms. The summed E-state index contributed by atoms with van der Waals surface area (Å²) in [5.41, 5.74) is 4.83. The van der Waals surface area contributed by atoms with Crippen LogP contribution in [0.4, 0.5) is 4.79 Å². The van der Waals surface area contributed by atoms with Crippen LogP contribution < -0.4 is 5.32 Å². The summed E-state index contributed by atoms with van der Waals surface area (Å²) >= 11 is 0. The number of rotatable bonds is 8. The van der Waals surface area contributed by atoms with E-state index in [1.54, 1.807) is 0 Å².